The molecular weight excluding hydrogens is 457 g/mol. The third-order valence-electron chi connectivity index (χ3n) is 4.34. The maximum Gasteiger partial charge on any atom is 0.416 e. The number of halogens is 3. The molecule has 0 fully saturated rings. The zero-order chi connectivity index (χ0) is 23.8. The van der Waals surface area contributed by atoms with Crippen LogP contribution in [0.5, 0.6) is 11.5 Å². The number of benzene rings is 2. The van der Waals surface area contributed by atoms with E-state index in [1.54, 1.807) is 37.5 Å². The minimum Gasteiger partial charge on any atom is -0.497 e. The van der Waals surface area contributed by atoms with Crippen LogP contribution in [0.2, 0.25) is 0 Å². The number of ether oxygens (including phenoxy) is 2. The number of amides is 1. The molecule has 0 aliphatic heterocycles. The van der Waals surface area contributed by atoms with Crippen LogP contribution >= 0.6 is 11.8 Å². The zero-order valence-electron chi connectivity index (χ0n) is 17.6. The van der Waals surface area contributed by atoms with Gasteiger partial charge in [-0.25, -0.2) is 0 Å². The molecule has 1 aromatic heterocycles. The third-order valence-corrected chi connectivity index (χ3v) is 5.26. The Kier molecular flexibility index (Phi) is 7.99. The number of methoxy groups -OCH3 is 1. The number of hydrogen-bond acceptors (Lipinski definition) is 6. The van der Waals surface area contributed by atoms with E-state index in [0.717, 1.165) is 23.9 Å². The Bertz CT molecular complexity index is 1100. The molecule has 0 saturated carbocycles. The molecule has 11 heteroatoms. The van der Waals surface area contributed by atoms with Gasteiger partial charge in [-0.15, -0.1) is 16.8 Å². The van der Waals surface area contributed by atoms with Gasteiger partial charge in [0, 0.05) is 6.54 Å². The monoisotopic (exact) mass is 478 g/mol. The number of hydrogen-bond donors (Lipinski definition) is 1. The van der Waals surface area contributed by atoms with E-state index in [-0.39, 0.29) is 34.9 Å². The van der Waals surface area contributed by atoms with E-state index in [9.17, 15) is 18.0 Å². The predicted octanol–water partition coefficient (Wildman–Crippen LogP) is 4.27. The Morgan fingerprint density at radius 1 is 1.18 bits per heavy atom. The Labute approximate surface area is 192 Å². The van der Waals surface area contributed by atoms with Gasteiger partial charge >= 0.3 is 6.18 Å². The Morgan fingerprint density at radius 3 is 2.58 bits per heavy atom. The maximum atomic E-state index is 13.3. The second-order valence-corrected chi connectivity index (χ2v) is 7.57. The highest BCUT2D eigenvalue weighted by atomic mass is 32.2. The standard InChI is InChI=1S/C22H21F3N4O3S/c1-3-11-26-20(30)14-33-21-28-27-19(13-32-18-9-7-17(31-2)8-10-18)29(21)16-6-4-5-15(12-16)22(23,24)25/h3-10,12H,1,11,13-14H2,2H3,(H,26,30). The molecule has 0 atom stereocenters. The van der Waals surface area contributed by atoms with Crippen LogP contribution in [-0.2, 0) is 17.6 Å². The van der Waals surface area contributed by atoms with Crippen molar-refractivity contribution >= 4 is 17.7 Å². The van der Waals surface area contributed by atoms with Gasteiger partial charge in [-0.1, -0.05) is 23.9 Å². The lowest BCUT2D eigenvalue weighted by atomic mass is 10.2. The van der Waals surface area contributed by atoms with E-state index >= 15 is 0 Å². The summed E-state index contributed by atoms with van der Waals surface area (Å²) in [6, 6.07) is 11.6. The van der Waals surface area contributed by atoms with E-state index in [1.807, 2.05) is 0 Å². The lowest BCUT2D eigenvalue weighted by Gasteiger charge is -2.13. The molecule has 0 aliphatic rings. The minimum atomic E-state index is -4.51. The summed E-state index contributed by atoms with van der Waals surface area (Å²) >= 11 is 1.05. The van der Waals surface area contributed by atoms with Gasteiger partial charge in [-0.05, 0) is 42.5 Å². The number of carbonyl (C=O) groups is 1. The first kappa shape index (κ1) is 24.2. The average molecular weight is 478 g/mol. The van der Waals surface area contributed by atoms with Crippen LogP contribution in [0, 0.1) is 0 Å². The van der Waals surface area contributed by atoms with Gasteiger partial charge in [0.15, 0.2) is 11.0 Å². The summed E-state index contributed by atoms with van der Waals surface area (Å²) in [4.78, 5) is 12.0. The number of nitrogens with one attached hydrogen (secondary N) is 1. The van der Waals surface area contributed by atoms with E-state index in [1.165, 1.54) is 16.7 Å². The second-order valence-electron chi connectivity index (χ2n) is 6.63. The highest BCUT2D eigenvalue weighted by molar-refractivity contribution is 7.99. The van der Waals surface area contributed by atoms with Gasteiger partial charge < -0.3 is 14.8 Å². The molecule has 2 aromatic carbocycles. The van der Waals surface area contributed by atoms with E-state index < -0.39 is 11.7 Å². The van der Waals surface area contributed by atoms with Crippen molar-refractivity contribution in [2.75, 3.05) is 19.4 Å². The van der Waals surface area contributed by atoms with Crippen LogP contribution in [0.3, 0.4) is 0 Å². The molecule has 33 heavy (non-hydrogen) atoms. The molecule has 3 aromatic rings. The molecule has 0 spiro atoms. The SMILES string of the molecule is C=CCNC(=O)CSc1nnc(COc2ccc(OC)cc2)n1-c1cccc(C(F)(F)F)c1. The highest BCUT2D eigenvalue weighted by Crippen LogP contribution is 2.32. The van der Waals surface area contributed by atoms with Crippen molar-refractivity contribution in [1.29, 1.82) is 0 Å². The van der Waals surface area contributed by atoms with Crippen molar-refractivity contribution in [1.82, 2.24) is 20.1 Å². The molecule has 0 unspecified atom stereocenters. The largest absolute Gasteiger partial charge is 0.497 e. The Hall–Kier alpha value is -3.47. The molecule has 1 heterocycles. The van der Waals surface area contributed by atoms with Crippen molar-refractivity contribution in [2.24, 2.45) is 0 Å². The first-order valence-electron chi connectivity index (χ1n) is 9.71. The fraction of sp³-hybridized carbons (Fsp3) is 0.227. The summed E-state index contributed by atoms with van der Waals surface area (Å²) in [6.45, 7) is 3.78. The summed E-state index contributed by atoms with van der Waals surface area (Å²) in [5.74, 6) is 1.19. The Morgan fingerprint density at radius 2 is 1.91 bits per heavy atom. The molecule has 1 N–H and O–H groups in total. The van der Waals surface area contributed by atoms with E-state index in [4.69, 9.17) is 9.47 Å². The molecule has 0 aliphatic carbocycles. The summed E-state index contributed by atoms with van der Waals surface area (Å²) in [5, 5.41) is 11.1. The lowest BCUT2D eigenvalue weighted by Crippen LogP contribution is -2.25. The smallest absolute Gasteiger partial charge is 0.416 e. The van der Waals surface area contributed by atoms with Gasteiger partial charge in [0.1, 0.15) is 18.1 Å². The fourth-order valence-electron chi connectivity index (χ4n) is 2.75. The van der Waals surface area contributed by atoms with Gasteiger partial charge in [-0.3, -0.25) is 9.36 Å². The molecule has 174 valence electrons. The van der Waals surface area contributed by atoms with Crippen LogP contribution in [-0.4, -0.2) is 40.1 Å². The Balaban J connectivity index is 1.88. The molecule has 3 rings (SSSR count). The number of thioether (sulfide) groups is 1. The zero-order valence-corrected chi connectivity index (χ0v) is 18.4. The van der Waals surface area contributed by atoms with Gasteiger partial charge in [0.05, 0.1) is 24.1 Å². The number of rotatable bonds is 10. The lowest BCUT2D eigenvalue weighted by molar-refractivity contribution is -0.137. The van der Waals surface area contributed by atoms with Crippen molar-refractivity contribution in [3.05, 3.63) is 72.6 Å². The fourth-order valence-corrected chi connectivity index (χ4v) is 3.56. The van der Waals surface area contributed by atoms with Gasteiger partial charge in [0.25, 0.3) is 0 Å². The number of carbonyl (C=O) groups excluding carboxylic acids is 1. The van der Waals surface area contributed by atoms with Crippen molar-refractivity contribution < 1.29 is 27.4 Å². The van der Waals surface area contributed by atoms with Crippen LogP contribution in [0.25, 0.3) is 5.69 Å². The van der Waals surface area contributed by atoms with Crippen molar-refractivity contribution in [2.45, 2.75) is 17.9 Å². The second kappa shape index (κ2) is 10.9. The number of nitrogens with zero attached hydrogens (tertiary/aromatic N) is 3. The highest BCUT2D eigenvalue weighted by Gasteiger charge is 2.31. The minimum absolute atomic E-state index is 0.00424. The first-order chi connectivity index (χ1) is 15.8. The van der Waals surface area contributed by atoms with Crippen LogP contribution in [0.4, 0.5) is 13.2 Å². The van der Waals surface area contributed by atoms with Crippen LogP contribution < -0.4 is 14.8 Å². The van der Waals surface area contributed by atoms with Crippen LogP contribution in [0.1, 0.15) is 11.4 Å². The van der Waals surface area contributed by atoms with Gasteiger partial charge in [-0.2, -0.15) is 13.2 Å². The molecule has 7 nitrogen and oxygen atoms in total. The topological polar surface area (TPSA) is 78.3 Å². The predicted molar refractivity (Wildman–Crippen MR) is 118 cm³/mol. The van der Waals surface area contributed by atoms with Crippen molar-refractivity contribution in [3.63, 3.8) is 0 Å². The average Bonchev–Trinajstić information content (AvgIpc) is 3.22. The molecule has 0 radical (unpaired) electrons. The quantitative estimate of drug-likeness (QED) is 0.347. The summed E-state index contributed by atoms with van der Waals surface area (Å²) in [5.41, 5.74) is -0.604. The molecule has 1 amide bonds. The summed E-state index contributed by atoms with van der Waals surface area (Å²) < 4.78 is 52.1. The first-order valence-corrected chi connectivity index (χ1v) is 10.7. The van der Waals surface area contributed by atoms with E-state index in [0.29, 0.717) is 18.0 Å². The van der Waals surface area contributed by atoms with E-state index in [2.05, 4.69) is 22.1 Å². The number of aromatic nitrogens is 3. The van der Waals surface area contributed by atoms with Crippen molar-refractivity contribution in [3.8, 4) is 17.2 Å². The normalized spacial score (nSPS) is 11.2. The maximum absolute atomic E-state index is 13.3. The third kappa shape index (κ3) is 6.51. The molecular formula is C22H21F3N4O3S. The number of alkyl halides is 3. The van der Waals surface area contributed by atoms with Crippen LogP contribution in [0.15, 0.2) is 66.3 Å². The molecule has 0 bridgehead atoms. The molecule has 0 saturated heterocycles. The van der Waals surface area contributed by atoms with Gasteiger partial charge in [0.2, 0.25) is 5.91 Å². The summed E-state index contributed by atoms with van der Waals surface area (Å²) in [6.07, 6.45) is -2.97. The summed E-state index contributed by atoms with van der Waals surface area (Å²) in [7, 11) is 1.55.